The molecule has 17 heteroatoms. The summed E-state index contributed by atoms with van der Waals surface area (Å²) in [5.74, 6) is 1.91. The normalized spacial score (nSPS) is 19.2. The van der Waals surface area contributed by atoms with Crippen molar-refractivity contribution in [3.05, 3.63) is 90.3 Å². The summed E-state index contributed by atoms with van der Waals surface area (Å²) < 4.78 is 7.92. The standard InChI is InChI=1S/C47H52N10O6S/c48-44-42-43(31-15-17-34(18-16-31)63-33-9-2-1-3-10-33)52-57(45(42)50-30-49-44)32-8-5-22-55(28-32)41(60)13-6-21-53-23-25-54(26-24-53)40(59)14-7-27-64-38-12-4-11-35-36(38)29-56(47(35)62)37-19-20-39(58)51-46(37)61/h1-4,9-12,15-18,30,32,37H,5-8,13-14,19-29H2,(H2,48,49,50)(H,51,58,61)/t32-,37?/m1/s1. The van der Waals surface area contributed by atoms with Gasteiger partial charge in [-0.1, -0.05) is 24.3 Å². The molecule has 5 amide bonds. The van der Waals surface area contributed by atoms with Gasteiger partial charge in [0.2, 0.25) is 23.6 Å². The number of likely N-dealkylation sites (tertiary alicyclic amines) is 1. The van der Waals surface area contributed by atoms with E-state index in [0.717, 1.165) is 66.4 Å². The van der Waals surface area contributed by atoms with Gasteiger partial charge < -0.3 is 25.2 Å². The number of imide groups is 1. The fourth-order valence-electron chi connectivity index (χ4n) is 9.23. The number of piperazine rings is 1. The number of piperidine rings is 2. The number of rotatable bonds is 14. The van der Waals surface area contributed by atoms with Crippen LogP contribution in [0.5, 0.6) is 11.5 Å². The molecule has 3 fully saturated rings. The number of hydrogen-bond donors (Lipinski definition) is 2. The Morgan fingerprint density at radius 2 is 1.59 bits per heavy atom. The minimum Gasteiger partial charge on any atom is -0.457 e. The molecule has 16 nitrogen and oxygen atoms in total. The van der Waals surface area contributed by atoms with Crippen LogP contribution in [0.4, 0.5) is 5.82 Å². The summed E-state index contributed by atoms with van der Waals surface area (Å²) in [4.78, 5) is 81.7. The van der Waals surface area contributed by atoms with E-state index in [-0.39, 0.29) is 36.1 Å². The summed E-state index contributed by atoms with van der Waals surface area (Å²) in [6, 6.07) is 22.3. The number of fused-ring (bicyclic) bond motifs is 2. The van der Waals surface area contributed by atoms with Gasteiger partial charge in [-0.3, -0.25) is 34.2 Å². The zero-order valence-electron chi connectivity index (χ0n) is 35.7. The number of amides is 5. The molecule has 2 atom stereocenters. The second kappa shape index (κ2) is 19.2. The molecule has 0 spiro atoms. The third-order valence-electron chi connectivity index (χ3n) is 12.6. The Morgan fingerprint density at radius 3 is 2.39 bits per heavy atom. The van der Waals surface area contributed by atoms with E-state index in [1.54, 1.807) is 22.7 Å². The molecule has 0 bridgehead atoms. The van der Waals surface area contributed by atoms with Crippen LogP contribution in [0.25, 0.3) is 22.3 Å². The minimum absolute atomic E-state index is 0.0595. The highest BCUT2D eigenvalue weighted by Gasteiger charge is 2.40. The van der Waals surface area contributed by atoms with E-state index in [2.05, 4.69) is 20.2 Å². The molecule has 4 aliphatic rings. The van der Waals surface area contributed by atoms with Crippen molar-refractivity contribution in [1.29, 1.82) is 0 Å². The zero-order chi connectivity index (χ0) is 44.2. The number of carbonyl (C=O) groups excluding carboxylic acids is 5. The van der Waals surface area contributed by atoms with Gasteiger partial charge in [-0.15, -0.1) is 11.8 Å². The van der Waals surface area contributed by atoms with Gasteiger partial charge in [0.25, 0.3) is 5.91 Å². The van der Waals surface area contributed by atoms with E-state index in [1.165, 1.54) is 6.33 Å². The molecule has 2 aromatic heterocycles. The van der Waals surface area contributed by atoms with Gasteiger partial charge in [0, 0.05) is 81.1 Å². The lowest BCUT2D eigenvalue weighted by Crippen LogP contribution is -2.52. The van der Waals surface area contributed by atoms with E-state index < -0.39 is 11.9 Å². The van der Waals surface area contributed by atoms with Crippen LogP contribution in [0.2, 0.25) is 0 Å². The number of anilines is 1. The Kier molecular flexibility index (Phi) is 12.9. The quantitative estimate of drug-likeness (QED) is 0.0835. The van der Waals surface area contributed by atoms with E-state index in [1.807, 2.05) is 81.2 Å². The van der Waals surface area contributed by atoms with Crippen molar-refractivity contribution >= 4 is 58.1 Å². The van der Waals surface area contributed by atoms with E-state index in [4.69, 9.17) is 15.6 Å². The minimum atomic E-state index is -0.648. The van der Waals surface area contributed by atoms with Crippen molar-refractivity contribution in [2.45, 2.75) is 74.9 Å². The fraction of sp³-hybridized carbons (Fsp3) is 0.404. The second-order valence-corrected chi connectivity index (χ2v) is 17.9. The van der Waals surface area contributed by atoms with Gasteiger partial charge in [-0.2, -0.15) is 5.10 Å². The predicted molar refractivity (Wildman–Crippen MR) is 241 cm³/mol. The monoisotopic (exact) mass is 884 g/mol. The first-order chi connectivity index (χ1) is 31.2. The zero-order valence-corrected chi connectivity index (χ0v) is 36.5. The smallest absolute Gasteiger partial charge is 0.255 e. The van der Waals surface area contributed by atoms with Gasteiger partial charge in [0.1, 0.15) is 35.4 Å². The van der Waals surface area contributed by atoms with Gasteiger partial charge in [0.05, 0.1) is 11.4 Å². The molecule has 64 heavy (non-hydrogen) atoms. The summed E-state index contributed by atoms with van der Waals surface area (Å²) in [6.07, 6.45) is 6.07. The topological polar surface area (TPSA) is 189 Å². The Morgan fingerprint density at radius 1 is 0.828 bits per heavy atom. The summed E-state index contributed by atoms with van der Waals surface area (Å²) >= 11 is 1.63. The van der Waals surface area contributed by atoms with Crippen molar-refractivity contribution in [2.24, 2.45) is 0 Å². The van der Waals surface area contributed by atoms with E-state index in [0.29, 0.717) is 92.3 Å². The van der Waals surface area contributed by atoms with Crippen LogP contribution >= 0.6 is 11.8 Å². The Balaban J connectivity index is 0.711. The van der Waals surface area contributed by atoms with Crippen LogP contribution < -0.4 is 15.8 Å². The van der Waals surface area contributed by atoms with Crippen LogP contribution in [-0.2, 0) is 25.7 Å². The first kappa shape index (κ1) is 42.9. The second-order valence-electron chi connectivity index (χ2n) is 16.8. The Hall–Kier alpha value is -6.33. The number of nitrogens with one attached hydrogen (secondary N) is 1. The highest BCUT2D eigenvalue weighted by molar-refractivity contribution is 7.99. The Labute approximate surface area is 375 Å². The van der Waals surface area contributed by atoms with Gasteiger partial charge in [0.15, 0.2) is 5.65 Å². The number of ether oxygens (including phenoxy) is 1. The molecule has 0 aliphatic carbocycles. The lowest BCUT2D eigenvalue weighted by Gasteiger charge is -2.35. The molecule has 6 heterocycles. The van der Waals surface area contributed by atoms with Crippen LogP contribution in [0.1, 0.15) is 73.3 Å². The Bertz CT molecular complexity index is 2540. The molecule has 3 aromatic carbocycles. The highest BCUT2D eigenvalue weighted by Crippen LogP contribution is 2.37. The molecule has 5 aromatic rings. The molecule has 9 rings (SSSR count). The van der Waals surface area contributed by atoms with Gasteiger partial charge >= 0.3 is 0 Å². The average molecular weight is 885 g/mol. The van der Waals surface area contributed by atoms with Crippen molar-refractivity contribution < 1.29 is 28.7 Å². The fourth-order valence-corrected chi connectivity index (χ4v) is 10.3. The summed E-state index contributed by atoms with van der Waals surface area (Å²) in [5.41, 5.74) is 10.1. The van der Waals surface area contributed by atoms with Crippen molar-refractivity contribution in [1.82, 2.24) is 44.7 Å². The van der Waals surface area contributed by atoms with Crippen LogP contribution in [0, 0.1) is 0 Å². The molecule has 0 saturated carbocycles. The number of para-hydroxylation sites is 1. The maximum absolute atomic E-state index is 13.6. The largest absolute Gasteiger partial charge is 0.457 e. The van der Waals surface area contributed by atoms with Crippen LogP contribution in [-0.4, -0.2) is 126 Å². The van der Waals surface area contributed by atoms with E-state index in [9.17, 15) is 24.0 Å². The number of nitrogens with zero attached hydrogens (tertiary/aromatic N) is 8. The molecular weight excluding hydrogens is 833 g/mol. The highest BCUT2D eigenvalue weighted by atomic mass is 32.2. The maximum Gasteiger partial charge on any atom is 0.255 e. The first-order valence-electron chi connectivity index (χ1n) is 22.2. The average Bonchev–Trinajstić information content (AvgIpc) is 3.87. The number of carbonyl (C=O) groups is 5. The number of benzene rings is 3. The summed E-state index contributed by atoms with van der Waals surface area (Å²) in [7, 11) is 0. The lowest BCUT2D eigenvalue weighted by atomic mass is 10.0. The SMILES string of the molecule is Nc1ncnc2c1c(-c1ccc(Oc3ccccc3)cc1)nn2[C@@H]1CCCN(C(=O)CCCN2CCN(C(=O)CCCSc3cccc4c3CN(C3CCC(=O)NC3=O)C4=O)CC2)C1. The molecule has 3 N–H and O–H groups in total. The predicted octanol–water partition coefficient (Wildman–Crippen LogP) is 5.29. The van der Waals surface area contributed by atoms with Crippen molar-refractivity contribution in [3.8, 4) is 22.8 Å². The van der Waals surface area contributed by atoms with Crippen LogP contribution in [0.3, 0.4) is 0 Å². The maximum atomic E-state index is 13.6. The summed E-state index contributed by atoms with van der Waals surface area (Å²) in [5, 5.41) is 8.10. The number of nitrogen functional groups attached to an aromatic ring is 1. The number of nitrogens with two attached hydrogens (primary N) is 1. The molecular formula is C47H52N10O6S. The molecule has 3 saturated heterocycles. The summed E-state index contributed by atoms with van der Waals surface area (Å²) in [6.45, 7) is 5.25. The molecule has 4 aliphatic heterocycles. The third kappa shape index (κ3) is 9.31. The molecule has 0 radical (unpaired) electrons. The molecule has 1 unspecified atom stereocenters. The van der Waals surface area contributed by atoms with Crippen LogP contribution in [0.15, 0.2) is 84.0 Å². The third-order valence-corrected chi connectivity index (χ3v) is 13.8. The number of thioether (sulfide) groups is 1. The van der Waals surface area contributed by atoms with E-state index >= 15 is 0 Å². The lowest BCUT2D eigenvalue weighted by molar-refractivity contribution is -0.137. The van der Waals surface area contributed by atoms with Crippen molar-refractivity contribution in [3.63, 3.8) is 0 Å². The number of aromatic nitrogens is 4. The molecule has 332 valence electrons. The van der Waals surface area contributed by atoms with Crippen molar-refractivity contribution in [2.75, 3.05) is 57.3 Å². The van der Waals surface area contributed by atoms with Gasteiger partial charge in [-0.25, -0.2) is 14.6 Å². The number of hydrogen-bond acceptors (Lipinski definition) is 12. The van der Waals surface area contributed by atoms with Gasteiger partial charge in [-0.05, 0) is 98.5 Å². The first-order valence-corrected chi connectivity index (χ1v) is 23.2.